The molecule has 3 aliphatic heterocycles. The van der Waals surface area contributed by atoms with Crippen LogP contribution in [0.1, 0.15) is 45.1 Å². The van der Waals surface area contributed by atoms with Crippen LogP contribution < -0.4 is 15.4 Å². The Morgan fingerprint density at radius 1 is 1.15 bits per heavy atom. The van der Waals surface area contributed by atoms with Gasteiger partial charge in [-0.15, -0.1) is 0 Å². The van der Waals surface area contributed by atoms with Crippen LogP contribution in [-0.2, 0) is 9.57 Å². The van der Waals surface area contributed by atoms with Crippen LogP contribution in [0.15, 0.2) is 17.1 Å². The second kappa shape index (κ2) is 10.4. The summed E-state index contributed by atoms with van der Waals surface area (Å²) in [4.78, 5) is 25.6. The normalized spacial score (nSPS) is 19.4. The van der Waals surface area contributed by atoms with Crippen LogP contribution >= 0.6 is 0 Å². The van der Waals surface area contributed by atoms with E-state index in [4.69, 9.17) is 9.57 Å². The molecule has 8 nitrogen and oxygen atoms in total. The topological polar surface area (TPSA) is 80.4 Å². The third-order valence-electron chi connectivity index (χ3n) is 6.08. The number of anilines is 1. The second-order valence-corrected chi connectivity index (χ2v) is 8.87. The van der Waals surface area contributed by atoms with Gasteiger partial charge in [0.05, 0.1) is 23.9 Å². The van der Waals surface area contributed by atoms with Crippen molar-refractivity contribution in [3.05, 3.63) is 29.3 Å². The summed E-state index contributed by atoms with van der Waals surface area (Å²) in [6.07, 6.45) is 2.43. The zero-order valence-electron chi connectivity index (χ0n) is 19.2. The van der Waals surface area contributed by atoms with Crippen molar-refractivity contribution < 1.29 is 28.3 Å². The largest absolute Gasteiger partial charge is 0.447 e. The molecule has 0 unspecified atom stereocenters. The van der Waals surface area contributed by atoms with Crippen molar-refractivity contribution in [3.63, 3.8) is 0 Å². The number of hydrogen-bond acceptors (Lipinski definition) is 6. The molecule has 10 heteroatoms. The van der Waals surface area contributed by atoms with Crippen LogP contribution in [0.2, 0.25) is 0 Å². The third kappa shape index (κ3) is 5.72. The Kier molecular flexibility index (Phi) is 7.29. The molecule has 0 atom stereocenters. The van der Waals surface area contributed by atoms with Crippen LogP contribution in [0.4, 0.5) is 19.3 Å². The van der Waals surface area contributed by atoms with Gasteiger partial charge < -0.3 is 19.9 Å². The highest BCUT2D eigenvalue weighted by atomic mass is 19.1. The van der Waals surface area contributed by atoms with Crippen molar-refractivity contribution in [3.8, 4) is 0 Å². The summed E-state index contributed by atoms with van der Waals surface area (Å²) >= 11 is 0. The fraction of sp³-hybridized carbons (Fsp3) is 0.609. The van der Waals surface area contributed by atoms with E-state index >= 15 is 0 Å². The van der Waals surface area contributed by atoms with E-state index in [2.05, 4.69) is 15.5 Å². The molecule has 4 rings (SSSR count). The fourth-order valence-corrected chi connectivity index (χ4v) is 4.26. The van der Waals surface area contributed by atoms with Gasteiger partial charge in [0.1, 0.15) is 17.5 Å². The Hall–Kier alpha value is -2.91. The smallest absolute Gasteiger partial charge is 0.410 e. The Balaban J connectivity index is 1.26. The molecule has 1 aromatic carbocycles. The SMILES string of the molecule is CC(C)OC(=O)N1CCC(O[NH+]=C2CCN(c3cc(F)c(C4=NCCN4)cc3F)CC2)CC1. The lowest BCUT2D eigenvalue weighted by Gasteiger charge is -2.30. The fourth-order valence-electron chi connectivity index (χ4n) is 4.26. The lowest BCUT2D eigenvalue weighted by atomic mass is 10.1. The monoisotopic (exact) mass is 464 g/mol. The maximum atomic E-state index is 14.7. The summed E-state index contributed by atoms with van der Waals surface area (Å²) in [5, 5.41) is 6.06. The summed E-state index contributed by atoms with van der Waals surface area (Å²) in [6.45, 7) is 7.23. The molecule has 33 heavy (non-hydrogen) atoms. The molecule has 0 spiro atoms. The number of carbonyl (C=O) groups excluding carboxylic acids is 1. The molecule has 0 bridgehead atoms. The standard InChI is InChI=1S/C23H31F2N5O3/c1-15(2)32-23(31)30-11-5-17(6-12-30)33-28-16-3-9-29(10-4-16)21-14-19(24)18(13-20(21)25)22-26-7-8-27-22/h13-15,17H,3-12H2,1-2H3,(H,26,27)/p+1. The number of amidine groups is 1. The molecule has 2 saturated heterocycles. The minimum atomic E-state index is -0.473. The van der Waals surface area contributed by atoms with E-state index in [1.807, 2.05) is 18.7 Å². The number of rotatable bonds is 5. The molecule has 0 aliphatic carbocycles. The maximum absolute atomic E-state index is 14.7. The zero-order chi connectivity index (χ0) is 23.4. The molecule has 0 radical (unpaired) electrons. The van der Waals surface area contributed by atoms with Crippen LogP contribution in [0.3, 0.4) is 0 Å². The van der Waals surface area contributed by atoms with Crippen molar-refractivity contribution in [2.75, 3.05) is 44.2 Å². The van der Waals surface area contributed by atoms with Crippen molar-refractivity contribution in [2.45, 2.75) is 51.7 Å². The molecule has 0 saturated carbocycles. The number of hydrogen-bond donors (Lipinski definition) is 2. The van der Waals surface area contributed by atoms with Crippen molar-refractivity contribution in [1.29, 1.82) is 0 Å². The average molecular weight is 465 g/mol. The van der Waals surface area contributed by atoms with E-state index in [0.29, 0.717) is 57.9 Å². The zero-order valence-corrected chi connectivity index (χ0v) is 19.2. The van der Waals surface area contributed by atoms with Crippen molar-refractivity contribution >= 4 is 23.3 Å². The number of ether oxygens (including phenoxy) is 1. The lowest BCUT2D eigenvalue weighted by Crippen LogP contribution is -2.75. The van der Waals surface area contributed by atoms with Gasteiger partial charge in [-0.3, -0.25) is 9.83 Å². The molecule has 180 valence electrons. The van der Waals surface area contributed by atoms with E-state index in [1.165, 1.54) is 12.1 Å². The van der Waals surface area contributed by atoms with Gasteiger partial charge in [-0.05, 0) is 25.1 Å². The van der Waals surface area contributed by atoms with Crippen LogP contribution in [0, 0.1) is 11.6 Å². The Bertz CT molecular complexity index is 919. The van der Waals surface area contributed by atoms with Gasteiger partial charge in [0.2, 0.25) is 5.71 Å². The number of benzene rings is 1. The van der Waals surface area contributed by atoms with Crippen LogP contribution in [-0.4, -0.2) is 74.0 Å². The highest BCUT2D eigenvalue weighted by Crippen LogP contribution is 2.26. The molecule has 2 fully saturated rings. The summed E-state index contributed by atoms with van der Waals surface area (Å²) in [5.74, 6) is -0.506. The van der Waals surface area contributed by atoms with Gasteiger partial charge >= 0.3 is 6.09 Å². The number of carbonyl (C=O) groups is 1. The quantitative estimate of drug-likeness (QED) is 0.644. The Morgan fingerprint density at radius 2 is 1.88 bits per heavy atom. The molecular formula is C23H32F2N5O3+. The van der Waals surface area contributed by atoms with Gasteiger partial charge in [-0.25, -0.2) is 13.6 Å². The summed E-state index contributed by atoms with van der Waals surface area (Å²) in [7, 11) is 0. The molecule has 3 heterocycles. The number of amides is 1. The van der Waals surface area contributed by atoms with Gasteiger partial charge in [0.15, 0.2) is 6.10 Å². The van der Waals surface area contributed by atoms with E-state index < -0.39 is 11.6 Å². The first kappa shape index (κ1) is 23.3. The molecule has 2 N–H and O–H groups in total. The van der Waals surface area contributed by atoms with Gasteiger partial charge in [-0.2, -0.15) is 0 Å². The molecular weight excluding hydrogens is 432 g/mol. The van der Waals surface area contributed by atoms with Gasteiger partial charge in [0, 0.05) is 64.5 Å². The van der Waals surface area contributed by atoms with E-state index in [9.17, 15) is 13.6 Å². The predicted molar refractivity (Wildman–Crippen MR) is 120 cm³/mol. The molecule has 3 aliphatic rings. The average Bonchev–Trinajstić information content (AvgIpc) is 3.34. The highest BCUT2D eigenvalue weighted by molar-refractivity contribution is 6.00. The summed E-state index contributed by atoms with van der Waals surface area (Å²) in [5.41, 5.74) is 1.49. The second-order valence-electron chi connectivity index (χ2n) is 8.87. The predicted octanol–water partition coefficient (Wildman–Crippen LogP) is 1.38. The summed E-state index contributed by atoms with van der Waals surface area (Å²) < 4.78 is 34.6. The van der Waals surface area contributed by atoms with Gasteiger partial charge in [0.25, 0.3) is 0 Å². The van der Waals surface area contributed by atoms with Crippen molar-refractivity contribution in [2.24, 2.45) is 4.99 Å². The number of piperidine rings is 2. The number of aliphatic imine (C=N–C) groups is 1. The maximum Gasteiger partial charge on any atom is 0.410 e. The minimum absolute atomic E-state index is 0.0184. The van der Waals surface area contributed by atoms with E-state index in [1.54, 1.807) is 4.90 Å². The number of halogens is 2. The minimum Gasteiger partial charge on any atom is -0.447 e. The lowest BCUT2D eigenvalue weighted by molar-refractivity contribution is -0.766. The van der Waals surface area contributed by atoms with E-state index in [-0.39, 0.29) is 29.6 Å². The van der Waals surface area contributed by atoms with Crippen LogP contribution in [0.5, 0.6) is 0 Å². The molecule has 1 aromatic rings. The number of nitrogens with one attached hydrogen (secondary N) is 2. The first-order valence-corrected chi connectivity index (χ1v) is 11.7. The van der Waals surface area contributed by atoms with Crippen molar-refractivity contribution in [1.82, 2.24) is 10.2 Å². The number of nitrogens with zero attached hydrogens (tertiary/aromatic N) is 3. The molecule has 1 amide bonds. The Morgan fingerprint density at radius 3 is 2.52 bits per heavy atom. The van der Waals surface area contributed by atoms with E-state index in [0.717, 1.165) is 18.6 Å². The third-order valence-corrected chi connectivity index (χ3v) is 6.08. The van der Waals surface area contributed by atoms with Gasteiger partial charge in [-0.1, -0.05) is 0 Å². The summed E-state index contributed by atoms with van der Waals surface area (Å²) in [6, 6.07) is 2.49. The van der Waals surface area contributed by atoms with Crippen LogP contribution in [0.25, 0.3) is 0 Å². The first-order chi connectivity index (χ1) is 15.9. The highest BCUT2D eigenvalue weighted by Gasteiger charge is 2.28. The molecule has 0 aromatic heterocycles. The first-order valence-electron chi connectivity index (χ1n) is 11.7. The Labute approximate surface area is 192 Å². The number of likely N-dealkylation sites (tertiary alicyclic amines) is 1.